The molecule has 0 saturated carbocycles. The predicted octanol–water partition coefficient (Wildman–Crippen LogP) is 3.78. The normalized spacial score (nSPS) is 19.2. The van der Waals surface area contributed by atoms with E-state index >= 15 is 0 Å². The molecule has 0 aliphatic carbocycles. The van der Waals surface area contributed by atoms with Crippen molar-refractivity contribution in [1.29, 1.82) is 0 Å². The summed E-state index contributed by atoms with van der Waals surface area (Å²) < 4.78 is 0. The Balaban J connectivity index is 1.77. The summed E-state index contributed by atoms with van der Waals surface area (Å²) in [5.41, 5.74) is 2.48. The van der Waals surface area contributed by atoms with E-state index in [9.17, 15) is 0 Å². The molecule has 1 saturated heterocycles. The Kier molecular flexibility index (Phi) is 4.53. The number of fused-ring (bicyclic) bond motifs is 1. The first-order chi connectivity index (χ1) is 10.1. The lowest BCUT2D eigenvalue weighted by atomic mass is 10.1. The van der Waals surface area contributed by atoms with Gasteiger partial charge in [-0.3, -0.25) is 4.90 Å². The molecule has 1 aliphatic heterocycles. The van der Waals surface area contributed by atoms with Gasteiger partial charge in [0.2, 0.25) is 0 Å². The highest BCUT2D eigenvalue weighted by Crippen LogP contribution is 2.24. The average Bonchev–Trinajstić information content (AvgIpc) is 3.07. The van der Waals surface area contributed by atoms with Crippen molar-refractivity contribution in [1.82, 2.24) is 15.2 Å². The van der Waals surface area contributed by atoms with E-state index in [1.807, 2.05) is 12.1 Å². The number of rotatable bonds is 5. The summed E-state index contributed by atoms with van der Waals surface area (Å²) in [6.07, 6.45) is 4.73. The molecule has 2 aromatic rings. The molecule has 1 aromatic carbocycles. The van der Waals surface area contributed by atoms with Crippen LogP contribution in [0.2, 0.25) is 5.02 Å². The molecule has 0 bridgehead atoms. The lowest BCUT2D eigenvalue weighted by Crippen LogP contribution is -2.40. The summed E-state index contributed by atoms with van der Waals surface area (Å²) in [4.78, 5) is 5.90. The summed E-state index contributed by atoms with van der Waals surface area (Å²) in [5.74, 6) is 0. The second-order valence-corrected chi connectivity index (χ2v) is 6.76. The van der Waals surface area contributed by atoms with Crippen molar-refractivity contribution in [2.24, 2.45) is 0 Å². The first-order valence-electron chi connectivity index (χ1n) is 7.86. The van der Waals surface area contributed by atoms with Gasteiger partial charge in [0.1, 0.15) is 0 Å². The smallest absolute Gasteiger partial charge is 0.0472 e. The van der Waals surface area contributed by atoms with Crippen LogP contribution in [0, 0.1) is 0 Å². The Hall–Kier alpha value is -1.03. The number of benzene rings is 1. The largest absolute Gasteiger partial charge is 0.361 e. The highest BCUT2D eigenvalue weighted by Gasteiger charge is 2.20. The predicted molar refractivity (Wildman–Crippen MR) is 89.9 cm³/mol. The molecule has 114 valence electrons. The zero-order valence-corrected chi connectivity index (χ0v) is 13.6. The van der Waals surface area contributed by atoms with E-state index in [0.717, 1.165) is 23.6 Å². The molecule has 21 heavy (non-hydrogen) atoms. The second kappa shape index (κ2) is 6.39. The first kappa shape index (κ1) is 14.9. The van der Waals surface area contributed by atoms with Crippen LogP contribution in [0.3, 0.4) is 0 Å². The van der Waals surface area contributed by atoms with Gasteiger partial charge in [-0.2, -0.15) is 0 Å². The van der Waals surface area contributed by atoms with Gasteiger partial charge < -0.3 is 10.3 Å². The average molecular weight is 306 g/mol. The lowest BCUT2D eigenvalue weighted by molar-refractivity contribution is 0.195. The lowest BCUT2D eigenvalue weighted by Gasteiger charge is -2.29. The van der Waals surface area contributed by atoms with Crippen LogP contribution in [-0.2, 0) is 6.54 Å². The topological polar surface area (TPSA) is 31.1 Å². The molecule has 1 aliphatic rings. The summed E-state index contributed by atoms with van der Waals surface area (Å²) >= 11 is 6.06. The number of nitrogens with zero attached hydrogens (tertiary/aromatic N) is 1. The fraction of sp³-hybridized carbons (Fsp3) is 0.529. The summed E-state index contributed by atoms with van der Waals surface area (Å²) in [6, 6.07) is 7.28. The standard InChI is InChI=1S/C17H24ClN3/c1-12(2)21(11-15-4-3-7-19-15)10-13-9-20-17-8-14(18)5-6-16(13)17/h5-6,8-9,12,15,19-20H,3-4,7,10-11H2,1-2H3. The summed E-state index contributed by atoms with van der Waals surface area (Å²) in [7, 11) is 0. The monoisotopic (exact) mass is 305 g/mol. The van der Waals surface area contributed by atoms with Crippen LogP contribution >= 0.6 is 11.6 Å². The zero-order chi connectivity index (χ0) is 14.8. The maximum atomic E-state index is 6.06. The van der Waals surface area contributed by atoms with Crippen LogP contribution in [0.4, 0.5) is 0 Å². The molecule has 0 amide bonds. The van der Waals surface area contributed by atoms with Gasteiger partial charge in [-0.05, 0) is 50.9 Å². The van der Waals surface area contributed by atoms with E-state index in [1.165, 1.54) is 30.3 Å². The number of halogens is 1. The van der Waals surface area contributed by atoms with E-state index in [0.29, 0.717) is 12.1 Å². The van der Waals surface area contributed by atoms with Crippen molar-refractivity contribution < 1.29 is 0 Å². The molecule has 1 atom stereocenters. The van der Waals surface area contributed by atoms with E-state index in [-0.39, 0.29) is 0 Å². The van der Waals surface area contributed by atoms with Crippen molar-refractivity contribution in [2.45, 2.75) is 45.3 Å². The van der Waals surface area contributed by atoms with Gasteiger partial charge in [-0.15, -0.1) is 0 Å². The van der Waals surface area contributed by atoms with Crippen LogP contribution in [0.5, 0.6) is 0 Å². The van der Waals surface area contributed by atoms with Gasteiger partial charge in [0.25, 0.3) is 0 Å². The minimum absolute atomic E-state index is 0.546. The van der Waals surface area contributed by atoms with Crippen LogP contribution in [0.15, 0.2) is 24.4 Å². The minimum Gasteiger partial charge on any atom is -0.361 e. The van der Waals surface area contributed by atoms with Crippen molar-refractivity contribution in [3.63, 3.8) is 0 Å². The molecule has 0 spiro atoms. The van der Waals surface area contributed by atoms with Crippen molar-refractivity contribution >= 4 is 22.5 Å². The van der Waals surface area contributed by atoms with Crippen molar-refractivity contribution in [3.05, 3.63) is 35.0 Å². The van der Waals surface area contributed by atoms with Gasteiger partial charge in [-0.1, -0.05) is 17.7 Å². The molecular formula is C17H24ClN3. The highest BCUT2D eigenvalue weighted by atomic mass is 35.5. The maximum absolute atomic E-state index is 6.06. The molecule has 4 heteroatoms. The number of aromatic amines is 1. The molecule has 2 N–H and O–H groups in total. The van der Waals surface area contributed by atoms with E-state index in [1.54, 1.807) is 0 Å². The van der Waals surface area contributed by atoms with Gasteiger partial charge in [0, 0.05) is 47.3 Å². The van der Waals surface area contributed by atoms with Crippen molar-refractivity contribution in [2.75, 3.05) is 13.1 Å². The van der Waals surface area contributed by atoms with E-state index < -0.39 is 0 Å². The van der Waals surface area contributed by atoms with Gasteiger partial charge >= 0.3 is 0 Å². The van der Waals surface area contributed by atoms with E-state index in [2.05, 4.69) is 41.3 Å². The van der Waals surface area contributed by atoms with Gasteiger partial charge in [-0.25, -0.2) is 0 Å². The zero-order valence-electron chi connectivity index (χ0n) is 12.8. The third kappa shape index (κ3) is 3.42. The summed E-state index contributed by atoms with van der Waals surface area (Å²) in [6.45, 7) is 7.83. The fourth-order valence-electron chi connectivity index (χ4n) is 3.16. The van der Waals surface area contributed by atoms with E-state index in [4.69, 9.17) is 11.6 Å². The number of H-pyrrole nitrogens is 1. The van der Waals surface area contributed by atoms with Gasteiger partial charge in [0.05, 0.1) is 0 Å². The maximum Gasteiger partial charge on any atom is 0.0472 e. The second-order valence-electron chi connectivity index (χ2n) is 6.32. The number of nitrogens with one attached hydrogen (secondary N) is 2. The number of hydrogen-bond donors (Lipinski definition) is 2. The van der Waals surface area contributed by atoms with Crippen LogP contribution in [-0.4, -0.2) is 35.1 Å². The third-order valence-electron chi connectivity index (χ3n) is 4.45. The quantitative estimate of drug-likeness (QED) is 0.880. The molecule has 1 fully saturated rings. The molecule has 1 aromatic heterocycles. The summed E-state index contributed by atoms with van der Waals surface area (Å²) in [5, 5.41) is 5.67. The Labute approximate surface area is 131 Å². The number of hydrogen-bond acceptors (Lipinski definition) is 2. The van der Waals surface area contributed by atoms with Gasteiger partial charge in [0.15, 0.2) is 0 Å². The van der Waals surface area contributed by atoms with Crippen molar-refractivity contribution in [3.8, 4) is 0 Å². The first-order valence-corrected chi connectivity index (χ1v) is 8.24. The Bertz CT molecular complexity index is 599. The Morgan fingerprint density at radius 3 is 2.95 bits per heavy atom. The molecule has 3 rings (SSSR count). The van der Waals surface area contributed by atoms with Crippen LogP contribution in [0.1, 0.15) is 32.3 Å². The third-order valence-corrected chi connectivity index (χ3v) is 4.69. The van der Waals surface area contributed by atoms with Crippen LogP contribution in [0.25, 0.3) is 10.9 Å². The molecular weight excluding hydrogens is 282 g/mol. The molecule has 0 radical (unpaired) electrons. The Morgan fingerprint density at radius 2 is 2.24 bits per heavy atom. The van der Waals surface area contributed by atoms with Crippen LogP contribution < -0.4 is 5.32 Å². The molecule has 1 unspecified atom stereocenters. The number of aromatic nitrogens is 1. The fourth-order valence-corrected chi connectivity index (χ4v) is 3.33. The SMILES string of the molecule is CC(C)N(Cc1c[nH]c2cc(Cl)ccc12)CC1CCCN1. The highest BCUT2D eigenvalue weighted by molar-refractivity contribution is 6.31. The minimum atomic E-state index is 0.546. The Morgan fingerprint density at radius 1 is 1.38 bits per heavy atom. The molecule has 2 heterocycles. The molecule has 3 nitrogen and oxygen atoms in total.